The lowest BCUT2D eigenvalue weighted by molar-refractivity contribution is -0.122. The molecule has 0 saturated carbocycles. The summed E-state index contributed by atoms with van der Waals surface area (Å²) < 4.78 is 1.47. The highest BCUT2D eigenvalue weighted by Gasteiger charge is 2.20. The van der Waals surface area contributed by atoms with Gasteiger partial charge in [0.15, 0.2) is 0 Å². The summed E-state index contributed by atoms with van der Waals surface area (Å²) in [7, 11) is 0. The third-order valence-corrected chi connectivity index (χ3v) is 6.87. The van der Waals surface area contributed by atoms with E-state index in [1.165, 1.54) is 15.8 Å². The minimum absolute atomic E-state index is 0.0326. The van der Waals surface area contributed by atoms with E-state index >= 15 is 0 Å². The summed E-state index contributed by atoms with van der Waals surface area (Å²) in [6.45, 7) is 0.183. The Morgan fingerprint density at radius 2 is 1.91 bits per heavy atom. The van der Waals surface area contributed by atoms with E-state index in [4.69, 9.17) is 0 Å². The van der Waals surface area contributed by atoms with Crippen molar-refractivity contribution in [1.82, 2.24) is 25.4 Å². The van der Waals surface area contributed by atoms with E-state index in [1.807, 2.05) is 24.3 Å². The number of hydrogen-bond donors (Lipinski definition) is 2. The van der Waals surface area contributed by atoms with Gasteiger partial charge >= 0.3 is 0 Å². The second-order valence-corrected chi connectivity index (χ2v) is 8.86. The van der Waals surface area contributed by atoms with Gasteiger partial charge in [-0.15, -0.1) is 11.3 Å². The summed E-state index contributed by atoms with van der Waals surface area (Å²) in [6, 6.07) is 10.9. The Morgan fingerprint density at radius 3 is 2.81 bits per heavy atom. The van der Waals surface area contributed by atoms with Gasteiger partial charge < -0.3 is 0 Å². The van der Waals surface area contributed by atoms with Gasteiger partial charge in [-0.1, -0.05) is 24.3 Å². The predicted octanol–water partition coefficient (Wildman–Crippen LogP) is 2.74. The van der Waals surface area contributed by atoms with Crippen LogP contribution in [-0.4, -0.2) is 26.3 Å². The molecule has 3 heterocycles. The molecule has 8 nitrogen and oxygen atoms in total. The lowest BCUT2D eigenvalue weighted by Crippen LogP contribution is -2.42. The summed E-state index contributed by atoms with van der Waals surface area (Å²) >= 11 is 1.60. The van der Waals surface area contributed by atoms with E-state index in [9.17, 15) is 14.4 Å². The molecule has 0 aliphatic heterocycles. The molecule has 0 unspecified atom stereocenters. The molecule has 0 fully saturated rings. The molecule has 1 aliphatic rings. The number of pyridine rings is 1. The molecular weight excluding hydrogens is 426 g/mol. The number of rotatable bonds is 4. The molecule has 9 heteroatoms. The second-order valence-electron chi connectivity index (χ2n) is 7.78. The van der Waals surface area contributed by atoms with E-state index in [-0.39, 0.29) is 24.2 Å². The number of aryl methyl sites for hydroxylation is 3. The fraction of sp³-hybridized carbons (Fsp3) is 0.261. The van der Waals surface area contributed by atoms with Crippen LogP contribution in [0.15, 0.2) is 47.5 Å². The van der Waals surface area contributed by atoms with Gasteiger partial charge in [-0.25, -0.2) is 9.97 Å². The summed E-state index contributed by atoms with van der Waals surface area (Å²) in [5, 5.41) is 1.62. The van der Waals surface area contributed by atoms with Gasteiger partial charge in [0.25, 0.3) is 11.5 Å². The number of nitrogens with one attached hydrogen (secondary N) is 2. The Hall–Kier alpha value is -3.59. The molecule has 0 bridgehead atoms. The standard InChI is InChI=1S/C23H21N5O3S/c29-19(26-27-21(30)17-10-9-14-5-1-3-7-16(14)25-17)11-12-28-13-24-22-20(23(28)31)15-6-2-4-8-18(15)32-22/h1,3,5,7,9-10,13H,2,4,6,8,11-12H2,(H,26,29)(H,27,30). The molecule has 3 aromatic heterocycles. The van der Waals surface area contributed by atoms with Crippen LogP contribution in [0, 0.1) is 0 Å². The number of carbonyl (C=O) groups excluding carboxylic acids is 2. The summed E-state index contributed by atoms with van der Waals surface area (Å²) in [5.74, 6) is -0.909. The van der Waals surface area contributed by atoms with Crippen LogP contribution in [0.5, 0.6) is 0 Å². The van der Waals surface area contributed by atoms with Crippen molar-refractivity contribution in [3.8, 4) is 0 Å². The van der Waals surface area contributed by atoms with Gasteiger partial charge in [-0.05, 0) is 43.4 Å². The van der Waals surface area contributed by atoms with E-state index in [1.54, 1.807) is 23.5 Å². The Balaban J connectivity index is 1.22. The molecule has 32 heavy (non-hydrogen) atoms. The quantitative estimate of drug-likeness (QED) is 0.468. The van der Waals surface area contributed by atoms with Crippen LogP contribution in [0.1, 0.15) is 40.2 Å². The molecular formula is C23H21N5O3S. The van der Waals surface area contributed by atoms with Crippen LogP contribution in [0.4, 0.5) is 0 Å². The first kappa shape index (κ1) is 20.3. The van der Waals surface area contributed by atoms with Crippen LogP contribution in [-0.2, 0) is 24.2 Å². The van der Waals surface area contributed by atoms with E-state index in [2.05, 4.69) is 20.8 Å². The smallest absolute Gasteiger partial charge is 0.288 e. The Bertz CT molecular complexity index is 1410. The maximum absolute atomic E-state index is 13.0. The zero-order chi connectivity index (χ0) is 22.1. The zero-order valence-corrected chi connectivity index (χ0v) is 18.1. The van der Waals surface area contributed by atoms with Gasteiger partial charge in [0.05, 0.1) is 17.2 Å². The highest BCUT2D eigenvalue weighted by molar-refractivity contribution is 7.18. The number of para-hydroxylation sites is 1. The minimum Gasteiger partial charge on any atom is -0.298 e. The van der Waals surface area contributed by atoms with Gasteiger partial charge in [0.2, 0.25) is 5.91 Å². The molecule has 1 aliphatic carbocycles. The third-order valence-electron chi connectivity index (χ3n) is 5.67. The van der Waals surface area contributed by atoms with Gasteiger partial charge in [-0.3, -0.25) is 29.8 Å². The highest BCUT2D eigenvalue weighted by atomic mass is 32.1. The molecule has 0 atom stereocenters. The number of amides is 2. The van der Waals surface area contributed by atoms with Crippen LogP contribution < -0.4 is 16.4 Å². The fourth-order valence-corrected chi connectivity index (χ4v) is 5.23. The first-order valence-electron chi connectivity index (χ1n) is 10.5. The molecule has 0 radical (unpaired) electrons. The lowest BCUT2D eigenvalue weighted by Gasteiger charge is -2.11. The van der Waals surface area contributed by atoms with Crippen molar-refractivity contribution in [2.75, 3.05) is 0 Å². The maximum Gasteiger partial charge on any atom is 0.288 e. The average molecular weight is 448 g/mol. The normalized spacial score (nSPS) is 13.1. The number of carbonyl (C=O) groups is 2. The van der Waals surface area contributed by atoms with E-state index < -0.39 is 11.8 Å². The Kier molecular flexibility index (Phi) is 5.40. The van der Waals surface area contributed by atoms with Crippen LogP contribution >= 0.6 is 11.3 Å². The van der Waals surface area contributed by atoms with Crippen LogP contribution in [0.2, 0.25) is 0 Å². The minimum atomic E-state index is -0.505. The highest BCUT2D eigenvalue weighted by Crippen LogP contribution is 2.33. The van der Waals surface area contributed by atoms with Crippen molar-refractivity contribution in [3.05, 3.63) is 69.2 Å². The van der Waals surface area contributed by atoms with Gasteiger partial charge in [-0.2, -0.15) is 0 Å². The van der Waals surface area contributed by atoms with Crippen molar-refractivity contribution in [2.24, 2.45) is 0 Å². The van der Waals surface area contributed by atoms with E-state index in [0.29, 0.717) is 10.9 Å². The van der Waals surface area contributed by atoms with E-state index in [0.717, 1.165) is 41.5 Å². The number of hydrazine groups is 1. The monoisotopic (exact) mass is 447 g/mol. The summed E-state index contributed by atoms with van der Waals surface area (Å²) in [4.78, 5) is 48.3. The number of benzene rings is 1. The largest absolute Gasteiger partial charge is 0.298 e. The first-order valence-corrected chi connectivity index (χ1v) is 11.4. The predicted molar refractivity (Wildman–Crippen MR) is 122 cm³/mol. The lowest BCUT2D eigenvalue weighted by atomic mass is 9.97. The SMILES string of the molecule is O=C(CCn1cnc2sc3c(c2c1=O)CCCC3)NNC(=O)c1ccc2ccccc2n1. The fourth-order valence-electron chi connectivity index (χ4n) is 4.01. The third kappa shape index (κ3) is 3.87. The summed E-state index contributed by atoms with van der Waals surface area (Å²) in [5.41, 5.74) is 6.69. The molecule has 2 N–H and O–H groups in total. The second kappa shape index (κ2) is 8.51. The molecule has 2 amide bonds. The van der Waals surface area contributed by atoms with Crippen LogP contribution in [0.3, 0.4) is 0 Å². The Morgan fingerprint density at radius 1 is 1.06 bits per heavy atom. The average Bonchev–Trinajstić information content (AvgIpc) is 3.21. The van der Waals surface area contributed by atoms with Crippen molar-refractivity contribution < 1.29 is 9.59 Å². The number of hydrogen-bond acceptors (Lipinski definition) is 6. The molecule has 0 spiro atoms. The molecule has 1 aromatic carbocycles. The number of aromatic nitrogens is 3. The maximum atomic E-state index is 13.0. The van der Waals surface area contributed by atoms with Gasteiger partial charge in [0, 0.05) is 23.2 Å². The summed E-state index contributed by atoms with van der Waals surface area (Å²) in [6.07, 6.45) is 5.67. The van der Waals surface area contributed by atoms with Crippen molar-refractivity contribution in [2.45, 2.75) is 38.6 Å². The first-order chi connectivity index (χ1) is 15.6. The molecule has 162 valence electrons. The number of fused-ring (bicyclic) bond motifs is 4. The number of nitrogens with zero attached hydrogens (tertiary/aromatic N) is 3. The topological polar surface area (TPSA) is 106 Å². The molecule has 5 rings (SSSR count). The van der Waals surface area contributed by atoms with Gasteiger partial charge in [0.1, 0.15) is 10.5 Å². The molecule has 0 saturated heterocycles. The Labute approximate surface area is 187 Å². The molecule has 4 aromatic rings. The van der Waals surface area contributed by atoms with Crippen molar-refractivity contribution in [3.63, 3.8) is 0 Å². The number of thiophene rings is 1. The zero-order valence-electron chi connectivity index (χ0n) is 17.3. The van der Waals surface area contributed by atoms with Crippen molar-refractivity contribution in [1.29, 1.82) is 0 Å². The van der Waals surface area contributed by atoms with Crippen LogP contribution in [0.25, 0.3) is 21.1 Å². The van der Waals surface area contributed by atoms with Crippen molar-refractivity contribution >= 4 is 44.3 Å².